The van der Waals surface area contributed by atoms with Crippen molar-refractivity contribution in [3.05, 3.63) is 16.1 Å². The molecule has 1 aromatic heterocycles. The minimum absolute atomic E-state index is 0.0924. The lowest BCUT2D eigenvalue weighted by Gasteiger charge is -2.21. The number of amides is 2. The van der Waals surface area contributed by atoms with Crippen molar-refractivity contribution in [3.8, 4) is 0 Å². The first-order chi connectivity index (χ1) is 9.56. The molecule has 0 saturated carbocycles. The van der Waals surface area contributed by atoms with E-state index in [0.29, 0.717) is 13.0 Å². The number of nitrogens with zero attached hydrogens (tertiary/aromatic N) is 2. The molecule has 1 aliphatic heterocycles. The summed E-state index contributed by atoms with van der Waals surface area (Å²) in [7, 11) is 0. The van der Waals surface area contributed by atoms with Crippen molar-refractivity contribution in [1.29, 1.82) is 0 Å². The summed E-state index contributed by atoms with van der Waals surface area (Å²) in [6, 6.07) is -0.116. The highest BCUT2D eigenvalue weighted by Crippen LogP contribution is 2.16. The Morgan fingerprint density at radius 2 is 2.30 bits per heavy atom. The number of carbonyl (C=O) groups excluding carboxylic acids is 2. The number of hydrogen-bond donors (Lipinski definition) is 1. The van der Waals surface area contributed by atoms with E-state index in [9.17, 15) is 9.59 Å². The lowest BCUT2D eigenvalue weighted by Crippen LogP contribution is -2.41. The number of aryl methyl sites for hydroxylation is 1. The molecule has 2 heterocycles. The molecule has 0 aliphatic carbocycles. The molecule has 1 atom stereocenters. The highest BCUT2D eigenvalue weighted by atomic mass is 32.1. The van der Waals surface area contributed by atoms with Gasteiger partial charge in [0, 0.05) is 18.3 Å². The molecule has 1 aliphatic rings. The van der Waals surface area contributed by atoms with Crippen molar-refractivity contribution in [1.82, 2.24) is 15.2 Å². The summed E-state index contributed by atoms with van der Waals surface area (Å²) in [6.45, 7) is 4.71. The molecule has 1 aromatic rings. The molecule has 1 fully saturated rings. The molecule has 1 saturated heterocycles. The van der Waals surface area contributed by atoms with E-state index in [1.165, 1.54) is 0 Å². The highest BCUT2D eigenvalue weighted by molar-refractivity contribution is 7.09. The third-order valence-electron chi connectivity index (χ3n) is 3.46. The summed E-state index contributed by atoms with van der Waals surface area (Å²) in [4.78, 5) is 29.9. The van der Waals surface area contributed by atoms with Crippen LogP contribution in [0, 0.1) is 6.92 Å². The maximum atomic E-state index is 12.0. The Hall–Kier alpha value is -1.43. The van der Waals surface area contributed by atoms with Gasteiger partial charge in [-0.25, -0.2) is 4.98 Å². The average molecular weight is 295 g/mol. The van der Waals surface area contributed by atoms with Crippen LogP contribution in [0.5, 0.6) is 0 Å². The first kappa shape index (κ1) is 15.0. The third-order valence-corrected chi connectivity index (χ3v) is 4.26. The molecule has 0 radical (unpaired) electrons. The molecule has 0 spiro atoms. The zero-order valence-corrected chi connectivity index (χ0v) is 12.8. The van der Waals surface area contributed by atoms with E-state index in [2.05, 4.69) is 10.3 Å². The largest absolute Gasteiger partial charge is 0.346 e. The van der Waals surface area contributed by atoms with Gasteiger partial charge in [0.15, 0.2) is 0 Å². The first-order valence-corrected chi connectivity index (χ1v) is 7.93. The maximum absolute atomic E-state index is 12.0. The van der Waals surface area contributed by atoms with Gasteiger partial charge in [0.2, 0.25) is 11.8 Å². The van der Waals surface area contributed by atoms with Crippen LogP contribution < -0.4 is 5.32 Å². The van der Waals surface area contributed by atoms with E-state index in [4.69, 9.17) is 0 Å². The van der Waals surface area contributed by atoms with Crippen molar-refractivity contribution >= 4 is 23.2 Å². The van der Waals surface area contributed by atoms with E-state index in [1.54, 1.807) is 16.2 Å². The zero-order valence-electron chi connectivity index (χ0n) is 12.0. The molecule has 2 rings (SSSR count). The molecule has 110 valence electrons. The van der Waals surface area contributed by atoms with Gasteiger partial charge in [0.05, 0.1) is 23.3 Å². The first-order valence-electron chi connectivity index (χ1n) is 7.05. The second-order valence-electron chi connectivity index (χ2n) is 5.21. The van der Waals surface area contributed by atoms with E-state index in [1.807, 2.05) is 19.2 Å². The van der Waals surface area contributed by atoms with Gasteiger partial charge in [-0.05, 0) is 26.7 Å². The van der Waals surface area contributed by atoms with E-state index < -0.39 is 0 Å². The minimum Gasteiger partial charge on any atom is -0.346 e. The Morgan fingerprint density at radius 3 is 3.00 bits per heavy atom. The Bertz CT molecular complexity index is 487. The van der Waals surface area contributed by atoms with Gasteiger partial charge in [0.1, 0.15) is 0 Å². The number of likely N-dealkylation sites (tertiary alicyclic amines) is 1. The Kier molecular flexibility index (Phi) is 5.11. The fourth-order valence-corrected chi connectivity index (χ4v) is 3.03. The molecule has 1 N–H and O–H groups in total. The second-order valence-corrected chi connectivity index (χ2v) is 6.27. The number of rotatable bonds is 4. The monoisotopic (exact) mass is 295 g/mol. The fourth-order valence-electron chi connectivity index (χ4n) is 2.32. The molecular formula is C14H21N3O2S. The van der Waals surface area contributed by atoms with Gasteiger partial charge >= 0.3 is 0 Å². The van der Waals surface area contributed by atoms with Crippen molar-refractivity contribution in [2.75, 3.05) is 13.1 Å². The van der Waals surface area contributed by atoms with Crippen LogP contribution in [0.3, 0.4) is 0 Å². The summed E-state index contributed by atoms with van der Waals surface area (Å²) in [5.41, 5.74) is 0.878. The predicted molar refractivity (Wildman–Crippen MR) is 78.5 cm³/mol. The molecule has 0 aromatic carbocycles. The van der Waals surface area contributed by atoms with Gasteiger partial charge in [0.25, 0.3) is 0 Å². The lowest BCUT2D eigenvalue weighted by molar-refractivity contribution is -0.135. The number of nitrogens with one attached hydrogen (secondary N) is 1. The van der Waals surface area contributed by atoms with Crippen LogP contribution in [0.2, 0.25) is 0 Å². The van der Waals surface area contributed by atoms with Crippen LogP contribution in [0.1, 0.15) is 49.4 Å². The van der Waals surface area contributed by atoms with Gasteiger partial charge < -0.3 is 10.2 Å². The van der Waals surface area contributed by atoms with Crippen molar-refractivity contribution in [2.24, 2.45) is 0 Å². The van der Waals surface area contributed by atoms with Crippen molar-refractivity contribution in [3.63, 3.8) is 0 Å². The predicted octanol–water partition coefficient (Wildman–Crippen LogP) is 2.03. The maximum Gasteiger partial charge on any atom is 0.240 e. The van der Waals surface area contributed by atoms with Crippen LogP contribution in [-0.2, 0) is 9.59 Å². The molecule has 0 unspecified atom stereocenters. The smallest absolute Gasteiger partial charge is 0.240 e. The zero-order chi connectivity index (χ0) is 14.5. The minimum atomic E-state index is -0.116. The van der Waals surface area contributed by atoms with Crippen LogP contribution in [0.4, 0.5) is 0 Å². The van der Waals surface area contributed by atoms with Crippen molar-refractivity contribution in [2.45, 2.75) is 45.6 Å². The highest BCUT2D eigenvalue weighted by Gasteiger charge is 2.20. The van der Waals surface area contributed by atoms with Crippen LogP contribution in [-0.4, -0.2) is 34.8 Å². The Morgan fingerprint density at radius 1 is 1.50 bits per heavy atom. The van der Waals surface area contributed by atoms with Gasteiger partial charge in [-0.15, -0.1) is 11.3 Å². The molecule has 6 heteroatoms. The van der Waals surface area contributed by atoms with E-state index in [0.717, 1.165) is 30.0 Å². The van der Waals surface area contributed by atoms with Crippen molar-refractivity contribution < 1.29 is 9.59 Å². The average Bonchev–Trinajstić information content (AvgIpc) is 2.73. The number of carbonyl (C=O) groups is 2. The third kappa shape index (κ3) is 4.03. The number of thiazole rings is 1. The molecule has 0 bridgehead atoms. The van der Waals surface area contributed by atoms with Crippen LogP contribution >= 0.6 is 11.3 Å². The SMILES string of the molecule is Cc1nc([C@H](C)NC(=O)CN2CCCCCC2=O)cs1. The molecular weight excluding hydrogens is 274 g/mol. The Labute approximate surface area is 123 Å². The van der Waals surface area contributed by atoms with Gasteiger partial charge in [-0.2, -0.15) is 0 Å². The number of aromatic nitrogens is 1. The quantitative estimate of drug-likeness (QED) is 0.924. The molecule has 2 amide bonds. The standard InChI is InChI=1S/C14H21N3O2S/c1-10(12-9-20-11(2)16-12)15-13(18)8-17-7-5-3-4-6-14(17)19/h9-10H,3-8H2,1-2H3,(H,15,18)/t10-/m0/s1. The van der Waals surface area contributed by atoms with Gasteiger partial charge in [-0.3, -0.25) is 9.59 Å². The summed E-state index contributed by atoms with van der Waals surface area (Å²) >= 11 is 1.57. The second kappa shape index (κ2) is 6.83. The van der Waals surface area contributed by atoms with Gasteiger partial charge in [-0.1, -0.05) is 6.42 Å². The molecule has 5 nitrogen and oxygen atoms in total. The molecule has 20 heavy (non-hydrogen) atoms. The Balaban J connectivity index is 1.86. The van der Waals surface area contributed by atoms with Crippen LogP contribution in [0.15, 0.2) is 5.38 Å². The summed E-state index contributed by atoms with van der Waals surface area (Å²) in [5, 5.41) is 5.85. The van der Waals surface area contributed by atoms with Crippen LogP contribution in [0.25, 0.3) is 0 Å². The fraction of sp³-hybridized carbons (Fsp3) is 0.643. The normalized spacial score (nSPS) is 17.7. The number of hydrogen-bond acceptors (Lipinski definition) is 4. The summed E-state index contributed by atoms with van der Waals surface area (Å²) in [6.07, 6.45) is 3.55. The summed E-state index contributed by atoms with van der Waals surface area (Å²) < 4.78 is 0. The summed E-state index contributed by atoms with van der Waals surface area (Å²) in [5.74, 6) is -0.0202. The van der Waals surface area contributed by atoms with E-state index in [-0.39, 0.29) is 24.4 Å². The van der Waals surface area contributed by atoms with E-state index >= 15 is 0 Å². The lowest BCUT2D eigenvalue weighted by atomic mass is 10.2. The topological polar surface area (TPSA) is 62.3 Å².